The van der Waals surface area contributed by atoms with Crippen LogP contribution < -0.4 is 10.6 Å². The molecule has 4 nitrogen and oxygen atoms in total. The first-order chi connectivity index (χ1) is 4.88. The zero-order valence-corrected chi connectivity index (χ0v) is 6.04. The topological polar surface area (TPSA) is 39.7 Å². The number of hydrazone groups is 1. The summed E-state index contributed by atoms with van der Waals surface area (Å²) in [6.07, 6.45) is 2.44. The van der Waals surface area contributed by atoms with Gasteiger partial charge in [-0.25, -0.2) is 0 Å². The molecule has 2 heterocycles. The zero-order valence-electron chi connectivity index (χ0n) is 6.04. The SMILES string of the molecule is CN1N=CC2CNCNC21. The van der Waals surface area contributed by atoms with E-state index in [0.29, 0.717) is 12.1 Å². The Morgan fingerprint density at radius 2 is 2.60 bits per heavy atom. The lowest BCUT2D eigenvalue weighted by atomic mass is 10.1. The molecule has 1 saturated heterocycles. The van der Waals surface area contributed by atoms with E-state index in [0.717, 1.165) is 13.2 Å². The molecule has 0 aromatic heterocycles. The summed E-state index contributed by atoms with van der Waals surface area (Å²) in [6.45, 7) is 1.94. The van der Waals surface area contributed by atoms with Crippen LogP contribution in [0.4, 0.5) is 0 Å². The Hall–Kier alpha value is -0.610. The Kier molecular flexibility index (Phi) is 1.35. The molecule has 1 fully saturated rings. The minimum atomic E-state index is 0.432. The van der Waals surface area contributed by atoms with E-state index in [2.05, 4.69) is 15.7 Å². The number of rotatable bonds is 0. The molecular formula is C6H12N4. The van der Waals surface area contributed by atoms with Gasteiger partial charge in [0.1, 0.15) is 6.17 Å². The summed E-state index contributed by atoms with van der Waals surface area (Å²) in [6, 6.07) is 0. The van der Waals surface area contributed by atoms with Crippen LogP contribution in [0.15, 0.2) is 5.10 Å². The van der Waals surface area contributed by atoms with Crippen LogP contribution in [0.25, 0.3) is 0 Å². The summed E-state index contributed by atoms with van der Waals surface area (Å²) < 4.78 is 0. The van der Waals surface area contributed by atoms with Gasteiger partial charge >= 0.3 is 0 Å². The molecule has 0 aromatic carbocycles. The van der Waals surface area contributed by atoms with Crippen LogP contribution in [-0.4, -0.2) is 37.7 Å². The summed E-state index contributed by atoms with van der Waals surface area (Å²) >= 11 is 0. The molecule has 0 bridgehead atoms. The third-order valence-corrected chi connectivity index (χ3v) is 2.06. The van der Waals surface area contributed by atoms with Crippen molar-refractivity contribution in [2.24, 2.45) is 11.0 Å². The minimum absolute atomic E-state index is 0.432. The van der Waals surface area contributed by atoms with E-state index < -0.39 is 0 Å². The predicted molar refractivity (Wildman–Crippen MR) is 39.5 cm³/mol. The number of hydrogen-bond donors (Lipinski definition) is 2. The highest BCUT2D eigenvalue weighted by molar-refractivity contribution is 5.64. The smallest absolute Gasteiger partial charge is 0.106 e. The van der Waals surface area contributed by atoms with Crippen molar-refractivity contribution in [3.05, 3.63) is 0 Å². The lowest BCUT2D eigenvalue weighted by Gasteiger charge is -2.30. The van der Waals surface area contributed by atoms with Crippen molar-refractivity contribution in [1.29, 1.82) is 0 Å². The maximum atomic E-state index is 4.19. The molecule has 2 rings (SSSR count). The van der Waals surface area contributed by atoms with Gasteiger partial charge in [-0.1, -0.05) is 0 Å². The van der Waals surface area contributed by atoms with Gasteiger partial charge in [0.25, 0.3) is 0 Å². The Morgan fingerprint density at radius 1 is 1.70 bits per heavy atom. The third-order valence-electron chi connectivity index (χ3n) is 2.06. The van der Waals surface area contributed by atoms with Crippen molar-refractivity contribution in [3.63, 3.8) is 0 Å². The monoisotopic (exact) mass is 140 g/mol. The van der Waals surface area contributed by atoms with Crippen molar-refractivity contribution < 1.29 is 0 Å². The Morgan fingerprint density at radius 3 is 3.40 bits per heavy atom. The first kappa shape index (κ1) is 6.12. The molecule has 2 unspecified atom stereocenters. The summed E-state index contributed by atoms with van der Waals surface area (Å²) in [7, 11) is 2.00. The fourth-order valence-electron chi connectivity index (χ4n) is 1.48. The van der Waals surface area contributed by atoms with Crippen molar-refractivity contribution in [3.8, 4) is 0 Å². The molecule has 2 atom stereocenters. The largest absolute Gasteiger partial charge is 0.304 e. The molecule has 0 aromatic rings. The highest BCUT2D eigenvalue weighted by atomic mass is 15.5. The van der Waals surface area contributed by atoms with E-state index in [4.69, 9.17) is 0 Å². The molecular weight excluding hydrogens is 128 g/mol. The Bertz CT molecular complexity index is 156. The molecule has 2 N–H and O–H groups in total. The lowest BCUT2D eigenvalue weighted by molar-refractivity contribution is 0.174. The van der Waals surface area contributed by atoms with E-state index >= 15 is 0 Å². The van der Waals surface area contributed by atoms with Crippen molar-refractivity contribution >= 4 is 6.21 Å². The molecule has 0 amide bonds. The number of nitrogens with zero attached hydrogens (tertiary/aromatic N) is 2. The second-order valence-electron chi connectivity index (χ2n) is 2.78. The van der Waals surface area contributed by atoms with Gasteiger partial charge in [0, 0.05) is 32.4 Å². The van der Waals surface area contributed by atoms with Gasteiger partial charge in [-0.2, -0.15) is 5.10 Å². The van der Waals surface area contributed by atoms with E-state index in [9.17, 15) is 0 Å². The van der Waals surface area contributed by atoms with E-state index in [-0.39, 0.29) is 0 Å². The molecule has 56 valence electrons. The number of hydrogen-bond acceptors (Lipinski definition) is 4. The van der Waals surface area contributed by atoms with E-state index in [1.54, 1.807) is 0 Å². The quantitative estimate of drug-likeness (QED) is 0.454. The summed E-state index contributed by atoms with van der Waals surface area (Å²) in [5, 5.41) is 12.7. The first-order valence-electron chi connectivity index (χ1n) is 3.59. The molecule has 2 aliphatic heterocycles. The van der Waals surface area contributed by atoms with E-state index in [1.165, 1.54) is 0 Å². The fourth-order valence-corrected chi connectivity index (χ4v) is 1.48. The summed E-state index contributed by atoms with van der Waals surface area (Å²) in [5.74, 6) is 0.554. The van der Waals surface area contributed by atoms with Gasteiger partial charge in [0.15, 0.2) is 0 Å². The van der Waals surface area contributed by atoms with Crippen LogP contribution in [0.3, 0.4) is 0 Å². The molecule has 4 heteroatoms. The van der Waals surface area contributed by atoms with Crippen molar-refractivity contribution in [1.82, 2.24) is 15.6 Å². The molecule has 2 aliphatic rings. The fraction of sp³-hybridized carbons (Fsp3) is 0.833. The third kappa shape index (κ3) is 0.803. The Labute approximate surface area is 60.3 Å². The maximum absolute atomic E-state index is 4.19. The van der Waals surface area contributed by atoms with Crippen LogP contribution in [-0.2, 0) is 0 Å². The van der Waals surface area contributed by atoms with Crippen LogP contribution in [0.5, 0.6) is 0 Å². The average molecular weight is 140 g/mol. The van der Waals surface area contributed by atoms with Gasteiger partial charge < -0.3 is 5.32 Å². The second-order valence-corrected chi connectivity index (χ2v) is 2.78. The molecule has 0 aliphatic carbocycles. The van der Waals surface area contributed by atoms with E-state index in [1.807, 2.05) is 18.3 Å². The van der Waals surface area contributed by atoms with Gasteiger partial charge in [-0.15, -0.1) is 0 Å². The van der Waals surface area contributed by atoms with Crippen LogP contribution >= 0.6 is 0 Å². The predicted octanol–water partition coefficient (Wildman–Crippen LogP) is -0.990. The van der Waals surface area contributed by atoms with Gasteiger partial charge in [-0.3, -0.25) is 10.3 Å². The van der Waals surface area contributed by atoms with Crippen LogP contribution in [0.2, 0.25) is 0 Å². The summed E-state index contributed by atoms with van der Waals surface area (Å²) in [5.41, 5.74) is 0. The minimum Gasteiger partial charge on any atom is -0.304 e. The zero-order chi connectivity index (χ0) is 6.97. The van der Waals surface area contributed by atoms with Gasteiger partial charge in [0.05, 0.1) is 0 Å². The van der Waals surface area contributed by atoms with Crippen LogP contribution in [0.1, 0.15) is 0 Å². The molecule has 0 radical (unpaired) electrons. The number of nitrogens with one attached hydrogen (secondary N) is 2. The highest BCUT2D eigenvalue weighted by Crippen LogP contribution is 2.13. The number of fused-ring (bicyclic) bond motifs is 1. The lowest BCUT2D eigenvalue weighted by Crippen LogP contribution is -2.54. The van der Waals surface area contributed by atoms with Crippen molar-refractivity contribution in [2.45, 2.75) is 6.17 Å². The second kappa shape index (κ2) is 2.21. The normalized spacial score (nSPS) is 38.3. The van der Waals surface area contributed by atoms with Gasteiger partial charge in [-0.05, 0) is 0 Å². The molecule has 0 saturated carbocycles. The highest BCUT2D eigenvalue weighted by Gasteiger charge is 2.29. The van der Waals surface area contributed by atoms with Gasteiger partial charge in [0.2, 0.25) is 0 Å². The summed E-state index contributed by atoms with van der Waals surface area (Å²) in [4.78, 5) is 0. The van der Waals surface area contributed by atoms with Crippen LogP contribution in [0, 0.1) is 5.92 Å². The average Bonchev–Trinajstić information content (AvgIpc) is 2.34. The Balaban J connectivity index is 2.07. The molecule has 10 heavy (non-hydrogen) atoms. The maximum Gasteiger partial charge on any atom is 0.106 e. The standard InChI is InChI=1S/C6H12N4/c1-10-6-5(3-9-10)2-7-4-8-6/h3,5-8H,2,4H2,1H3. The molecule has 0 spiro atoms. The first-order valence-corrected chi connectivity index (χ1v) is 3.59. The van der Waals surface area contributed by atoms with Crippen molar-refractivity contribution in [2.75, 3.05) is 20.3 Å².